The second-order valence-electron chi connectivity index (χ2n) is 11.6. The first-order valence-corrected chi connectivity index (χ1v) is 12.7. The third kappa shape index (κ3) is 4.91. The molecule has 192 valence electrons. The number of carbonyl (C=O) groups is 2. The highest BCUT2D eigenvalue weighted by atomic mass is 16.5. The van der Waals surface area contributed by atoms with Gasteiger partial charge in [0.25, 0.3) is 0 Å². The molecule has 0 spiro atoms. The van der Waals surface area contributed by atoms with E-state index in [1.165, 1.54) is 0 Å². The van der Waals surface area contributed by atoms with Crippen molar-refractivity contribution in [3.05, 3.63) is 65.2 Å². The van der Waals surface area contributed by atoms with E-state index in [0.717, 1.165) is 16.9 Å². The van der Waals surface area contributed by atoms with Gasteiger partial charge in [-0.2, -0.15) is 5.26 Å². The molecule has 3 N–H and O–H groups in total. The van der Waals surface area contributed by atoms with Crippen molar-refractivity contribution >= 4 is 17.8 Å². The number of carbonyl (C=O) groups excluding carboxylic acids is 2. The molecule has 2 heterocycles. The van der Waals surface area contributed by atoms with E-state index >= 15 is 0 Å². The molecule has 0 saturated heterocycles. The first-order valence-electron chi connectivity index (χ1n) is 12.7. The first kappa shape index (κ1) is 24.8. The monoisotopic (exact) mass is 499 g/mol. The van der Waals surface area contributed by atoms with Crippen LogP contribution in [0.1, 0.15) is 75.7 Å². The number of ether oxygens (including phenoxy) is 1. The number of rotatable bonds is 5. The van der Waals surface area contributed by atoms with E-state index in [1.54, 1.807) is 17.0 Å². The zero-order chi connectivity index (χ0) is 26.5. The molecule has 37 heavy (non-hydrogen) atoms. The fourth-order valence-corrected chi connectivity index (χ4v) is 5.70. The van der Waals surface area contributed by atoms with Crippen LogP contribution in [0.5, 0.6) is 5.75 Å². The van der Waals surface area contributed by atoms with Gasteiger partial charge in [-0.1, -0.05) is 30.3 Å². The molecule has 2 unspecified atom stereocenters. The molecule has 2 amide bonds. The van der Waals surface area contributed by atoms with Crippen LogP contribution in [0.25, 0.3) is 0 Å². The van der Waals surface area contributed by atoms with Crippen LogP contribution in [-0.4, -0.2) is 33.8 Å². The molecule has 3 aliphatic rings. The van der Waals surface area contributed by atoms with Crippen molar-refractivity contribution in [2.75, 3.05) is 0 Å². The summed E-state index contributed by atoms with van der Waals surface area (Å²) in [5.41, 5.74) is 7.71. The van der Waals surface area contributed by atoms with Gasteiger partial charge in [-0.05, 0) is 63.8 Å². The lowest BCUT2D eigenvalue weighted by molar-refractivity contribution is -0.132. The number of para-hydroxylation sites is 1. The topological polar surface area (TPSA) is 121 Å². The van der Waals surface area contributed by atoms with Gasteiger partial charge in [0.1, 0.15) is 11.4 Å². The number of nitrogens with zero attached hydrogens (tertiary/aromatic N) is 3. The SMILES string of the molecule is CC1(C)CC(=O)N([C@H](c2ccc(C#N)cc2)C2CC2C(=O)N[C@H]2CC(C)(C)Oc3ccccc32)C(N)=N1. The van der Waals surface area contributed by atoms with Gasteiger partial charge in [0.05, 0.1) is 35.7 Å². The number of nitriles is 1. The summed E-state index contributed by atoms with van der Waals surface area (Å²) in [7, 11) is 0. The number of hydrogen-bond acceptors (Lipinski definition) is 6. The molecule has 0 bridgehead atoms. The molecule has 8 nitrogen and oxygen atoms in total. The maximum absolute atomic E-state index is 13.5. The summed E-state index contributed by atoms with van der Waals surface area (Å²) in [6, 6.07) is 16.5. The van der Waals surface area contributed by atoms with Crippen molar-refractivity contribution in [1.82, 2.24) is 10.2 Å². The highest BCUT2D eigenvalue weighted by molar-refractivity contribution is 5.99. The number of fused-ring (bicyclic) bond motifs is 1. The number of amides is 2. The Morgan fingerprint density at radius 2 is 1.89 bits per heavy atom. The highest BCUT2D eigenvalue weighted by Crippen LogP contribution is 2.51. The number of benzene rings is 2. The lowest BCUT2D eigenvalue weighted by atomic mass is 9.89. The van der Waals surface area contributed by atoms with E-state index < -0.39 is 17.2 Å². The van der Waals surface area contributed by atoms with Gasteiger partial charge >= 0.3 is 0 Å². The molecule has 2 aromatic rings. The molecule has 1 saturated carbocycles. The second-order valence-corrected chi connectivity index (χ2v) is 11.6. The molecular weight excluding hydrogens is 466 g/mol. The van der Waals surface area contributed by atoms with Gasteiger partial charge in [-0.3, -0.25) is 14.5 Å². The third-order valence-electron chi connectivity index (χ3n) is 7.45. The summed E-state index contributed by atoms with van der Waals surface area (Å²) in [4.78, 5) is 32.9. The number of nitrogens with one attached hydrogen (secondary N) is 1. The maximum Gasteiger partial charge on any atom is 0.232 e. The van der Waals surface area contributed by atoms with Crippen LogP contribution in [0.3, 0.4) is 0 Å². The van der Waals surface area contributed by atoms with Crippen molar-refractivity contribution in [2.45, 2.75) is 70.2 Å². The molecule has 5 rings (SSSR count). The minimum absolute atomic E-state index is 0.0403. The van der Waals surface area contributed by atoms with E-state index in [4.69, 9.17) is 10.5 Å². The Morgan fingerprint density at radius 1 is 1.19 bits per heavy atom. The first-order chi connectivity index (χ1) is 17.5. The molecular formula is C29H33N5O3. The Bertz CT molecular complexity index is 1310. The molecule has 8 heteroatoms. The molecule has 2 aliphatic heterocycles. The summed E-state index contributed by atoms with van der Waals surface area (Å²) in [6.07, 6.45) is 1.52. The molecule has 1 aliphatic carbocycles. The summed E-state index contributed by atoms with van der Waals surface area (Å²) in [6.45, 7) is 7.81. The third-order valence-corrected chi connectivity index (χ3v) is 7.45. The van der Waals surface area contributed by atoms with Crippen molar-refractivity contribution in [3.8, 4) is 11.8 Å². The quantitative estimate of drug-likeness (QED) is 0.645. The van der Waals surface area contributed by atoms with Crippen molar-refractivity contribution in [2.24, 2.45) is 22.6 Å². The predicted molar refractivity (Wildman–Crippen MR) is 139 cm³/mol. The second kappa shape index (κ2) is 8.91. The van der Waals surface area contributed by atoms with Crippen molar-refractivity contribution in [3.63, 3.8) is 0 Å². The molecule has 2 aromatic carbocycles. The Labute approximate surface area is 217 Å². The summed E-state index contributed by atoms with van der Waals surface area (Å²) in [5, 5.41) is 12.5. The summed E-state index contributed by atoms with van der Waals surface area (Å²) < 4.78 is 6.12. The average molecular weight is 500 g/mol. The molecule has 1 fully saturated rings. The van der Waals surface area contributed by atoms with Crippen LogP contribution in [0.4, 0.5) is 0 Å². The smallest absolute Gasteiger partial charge is 0.232 e. The largest absolute Gasteiger partial charge is 0.487 e. The van der Waals surface area contributed by atoms with E-state index in [9.17, 15) is 14.9 Å². The van der Waals surface area contributed by atoms with E-state index in [-0.39, 0.29) is 42.1 Å². The van der Waals surface area contributed by atoms with Gasteiger partial charge in [-0.15, -0.1) is 0 Å². The lowest BCUT2D eigenvalue weighted by Gasteiger charge is -2.39. The minimum atomic E-state index is -0.573. The fraction of sp³-hybridized carbons (Fsp3) is 0.448. The van der Waals surface area contributed by atoms with E-state index in [2.05, 4.69) is 16.4 Å². The zero-order valence-electron chi connectivity index (χ0n) is 21.7. The zero-order valence-corrected chi connectivity index (χ0v) is 21.7. The van der Waals surface area contributed by atoms with Crippen LogP contribution in [-0.2, 0) is 9.59 Å². The normalized spacial score (nSPS) is 26.1. The predicted octanol–water partition coefficient (Wildman–Crippen LogP) is 3.98. The van der Waals surface area contributed by atoms with E-state index in [0.29, 0.717) is 18.4 Å². The summed E-state index contributed by atoms with van der Waals surface area (Å²) >= 11 is 0. The minimum Gasteiger partial charge on any atom is -0.487 e. The van der Waals surface area contributed by atoms with Crippen LogP contribution in [0, 0.1) is 23.2 Å². The Hall–Kier alpha value is -3.86. The van der Waals surface area contributed by atoms with Crippen LogP contribution in [0.2, 0.25) is 0 Å². The number of guanidine groups is 1. The van der Waals surface area contributed by atoms with Crippen LogP contribution >= 0.6 is 0 Å². The number of hydrogen-bond donors (Lipinski definition) is 2. The highest BCUT2D eigenvalue weighted by Gasteiger charge is 2.53. The fourth-order valence-electron chi connectivity index (χ4n) is 5.70. The maximum atomic E-state index is 13.5. The standard InChI is InChI=1S/C29H33N5O3/c1-28(2)15-24(35)34(27(31)33-28)25(18-11-9-17(16-30)10-12-18)20-13-21(20)26(36)32-22-14-29(3,4)37-23-8-6-5-7-19(22)23/h5-12,20-22,25H,13-15H2,1-4H3,(H2,31,33)(H,32,36)/t20?,21?,22-,25+/m0/s1. The van der Waals surface area contributed by atoms with Crippen LogP contribution < -0.4 is 15.8 Å². The van der Waals surface area contributed by atoms with Gasteiger partial charge in [0.2, 0.25) is 11.8 Å². The van der Waals surface area contributed by atoms with Gasteiger partial charge in [0, 0.05) is 17.9 Å². The van der Waals surface area contributed by atoms with Crippen LogP contribution in [0.15, 0.2) is 53.5 Å². The Morgan fingerprint density at radius 3 is 2.57 bits per heavy atom. The summed E-state index contributed by atoms with van der Waals surface area (Å²) in [5.74, 6) is 0.419. The number of aliphatic imine (C=N–C) groups is 1. The van der Waals surface area contributed by atoms with Gasteiger partial charge in [-0.25, -0.2) is 4.99 Å². The van der Waals surface area contributed by atoms with E-state index in [1.807, 2.05) is 64.1 Å². The Kier molecular flexibility index (Phi) is 5.98. The number of nitrogens with two attached hydrogens (primary N) is 1. The van der Waals surface area contributed by atoms with Gasteiger partial charge in [0.15, 0.2) is 5.96 Å². The Balaban J connectivity index is 1.41. The molecule has 0 radical (unpaired) electrons. The van der Waals surface area contributed by atoms with Gasteiger partial charge < -0.3 is 15.8 Å². The molecule has 4 atom stereocenters. The average Bonchev–Trinajstić information content (AvgIpc) is 3.61. The molecule has 0 aromatic heterocycles. The van der Waals surface area contributed by atoms with Crippen molar-refractivity contribution in [1.29, 1.82) is 5.26 Å². The lowest BCUT2D eigenvalue weighted by Crippen LogP contribution is -2.52. The van der Waals surface area contributed by atoms with Crippen molar-refractivity contribution < 1.29 is 14.3 Å².